The first-order valence-electron chi connectivity index (χ1n) is 4.91. The lowest BCUT2D eigenvalue weighted by atomic mass is 10.9. The van der Waals surface area contributed by atoms with E-state index in [0.29, 0.717) is 19.8 Å². The Hall–Kier alpha value is 0.0138. The molecule has 0 saturated carbocycles. The lowest BCUT2D eigenvalue weighted by Crippen LogP contribution is -2.50. The van der Waals surface area contributed by atoms with Gasteiger partial charge in [-0.1, -0.05) is 5.70 Å². The van der Waals surface area contributed by atoms with Gasteiger partial charge in [0.2, 0.25) is 0 Å². The molecular formula is C8H20O4Si2. The van der Waals surface area contributed by atoms with Crippen molar-refractivity contribution >= 4 is 18.8 Å². The molecule has 4 nitrogen and oxygen atoms in total. The quantitative estimate of drug-likeness (QED) is 0.554. The molecule has 0 bridgehead atoms. The van der Waals surface area contributed by atoms with Crippen LogP contribution in [0.5, 0.6) is 0 Å². The van der Waals surface area contributed by atoms with E-state index in [2.05, 4.69) is 6.58 Å². The van der Waals surface area contributed by atoms with E-state index in [1.807, 2.05) is 20.8 Å². The fourth-order valence-corrected chi connectivity index (χ4v) is 4.54. The number of hydrogen-bond acceptors (Lipinski definition) is 4. The van der Waals surface area contributed by atoms with E-state index in [1.54, 1.807) is 5.70 Å². The standard InChI is InChI=1S/C8H20O4Si2/c1-5-9-14(10-6-2,11-7-3)12-13-8-4/h8H,4-7,13H2,1-3H3. The molecule has 0 rings (SSSR count). The Balaban J connectivity index is 4.28. The van der Waals surface area contributed by atoms with Gasteiger partial charge in [0.1, 0.15) is 0 Å². The highest BCUT2D eigenvalue weighted by Crippen LogP contribution is 2.10. The number of hydrogen-bond donors (Lipinski definition) is 0. The van der Waals surface area contributed by atoms with Gasteiger partial charge in [0.15, 0.2) is 9.76 Å². The molecule has 6 heteroatoms. The van der Waals surface area contributed by atoms with E-state index in [0.717, 1.165) is 0 Å². The molecule has 0 unspecified atom stereocenters. The first-order valence-corrected chi connectivity index (χ1v) is 7.94. The maximum Gasteiger partial charge on any atom is 0.668 e. The molecule has 14 heavy (non-hydrogen) atoms. The summed E-state index contributed by atoms with van der Waals surface area (Å²) in [7, 11) is -3.62. The summed E-state index contributed by atoms with van der Waals surface area (Å²) < 4.78 is 22.0. The van der Waals surface area contributed by atoms with Crippen LogP contribution in [0.15, 0.2) is 12.3 Å². The Bertz CT molecular complexity index is 137. The van der Waals surface area contributed by atoms with Crippen molar-refractivity contribution < 1.29 is 17.4 Å². The predicted molar refractivity (Wildman–Crippen MR) is 60.5 cm³/mol. The molecule has 0 aromatic heterocycles. The van der Waals surface area contributed by atoms with Crippen molar-refractivity contribution in [3.05, 3.63) is 12.3 Å². The van der Waals surface area contributed by atoms with E-state index < -0.39 is 18.8 Å². The monoisotopic (exact) mass is 236 g/mol. The van der Waals surface area contributed by atoms with E-state index in [9.17, 15) is 0 Å². The molecule has 0 aromatic rings. The van der Waals surface area contributed by atoms with Crippen LogP contribution < -0.4 is 0 Å². The van der Waals surface area contributed by atoms with Gasteiger partial charge in [-0.15, -0.1) is 6.58 Å². The lowest BCUT2D eigenvalue weighted by Gasteiger charge is -2.26. The highest BCUT2D eigenvalue weighted by atomic mass is 28.4. The second-order valence-corrected chi connectivity index (χ2v) is 6.33. The van der Waals surface area contributed by atoms with Gasteiger partial charge >= 0.3 is 9.05 Å². The topological polar surface area (TPSA) is 36.9 Å². The van der Waals surface area contributed by atoms with Gasteiger partial charge < -0.3 is 17.4 Å². The third-order valence-electron chi connectivity index (χ3n) is 1.34. The average molecular weight is 236 g/mol. The summed E-state index contributed by atoms with van der Waals surface area (Å²) in [5.41, 5.74) is 1.79. The third kappa shape index (κ3) is 5.03. The van der Waals surface area contributed by atoms with Crippen LogP contribution in [-0.2, 0) is 17.4 Å². The first kappa shape index (κ1) is 14.0. The molecule has 0 amide bonds. The van der Waals surface area contributed by atoms with Crippen LogP contribution in [0.4, 0.5) is 0 Å². The van der Waals surface area contributed by atoms with Crippen LogP contribution >= 0.6 is 0 Å². The second-order valence-electron chi connectivity index (χ2n) is 2.40. The third-order valence-corrected chi connectivity index (χ3v) is 5.58. The highest BCUT2D eigenvalue weighted by molar-refractivity contribution is 6.61. The van der Waals surface area contributed by atoms with Gasteiger partial charge in [-0.2, -0.15) is 0 Å². The summed E-state index contributed by atoms with van der Waals surface area (Å²) in [6, 6.07) is 0. The molecule has 0 saturated heterocycles. The minimum absolute atomic E-state index is 0.539. The SMILES string of the molecule is C=C[SiH2]O[Si](OCC)(OCC)OCC. The van der Waals surface area contributed by atoms with Crippen molar-refractivity contribution in [2.45, 2.75) is 20.8 Å². The molecule has 0 aliphatic carbocycles. The minimum Gasteiger partial charge on any atom is -0.396 e. The van der Waals surface area contributed by atoms with E-state index in [1.165, 1.54) is 0 Å². The zero-order valence-electron chi connectivity index (χ0n) is 9.25. The van der Waals surface area contributed by atoms with Crippen molar-refractivity contribution in [3.8, 4) is 0 Å². The number of rotatable bonds is 9. The summed E-state index contributed by atoms with van der Waals surface area (Å²) >= 11 is 0. The van der Waals surface area contributed by atoms with Crippen molar-refractivity contribution in [1.29, 1.82) is 0 Å². The van der Waals surface area contributed by atoms with Gasteiger partial charge in [-0.25, -0.2) is 0 Å². The van der Waals surface area contributed by atoms with Crippen LogP contribution in [0, 0.1) is 0 Å². The van der Waals surface area contributed by atoms with Gasteiger partial charge in [0.05, 0.1) is 0 Å². The molecule has 0 aromatic carbocycles. The summed E-state index contributed by atoms with van der Waals surface area (Å²) in [6.45, 7) is 11.0. The van der Waals surface area contributed by atoms with Crippen LogP contribution in [0.2, 0.25) is 0 Å². The molecule has 0 aliphatic heterocycles. The largest absolute Gasteiger partial charge is 0.668 e. The van der Waals surface area contributed by atoms with E-state index in [-0.39, 0.29) is 0 Å². The van der Waals surface area contributed by atoms with Crippen molar-refractivity contribution in [1.82, 2.24) is 0 Å². The minimum atomic E-state index is -2.83. The van der Waals surface area contributed by atoms with Gasteiger partial charge in [0.25, 0.3) is 0 Å². The summed E-state index contributed by atoms with van der Waals surface area (Å²) in [6.07, 6.45) is 0. The Labute approximate surface area is 89.6 Å². The van der Waals surface area contributed by atoms with Crippen LogP contribution in [-0.4, -0.2) is 38.6 Å². The van der Waals surface area contributed by atoms with Crippen LogP contribution in [0.25, 0.3) is 0 Å². The second kappa shape index (κ2) is 8.33. The Morgan fingerprint density at radius 1 is 1.07 bits per heavy atom. The fourth-order valence-electron chi connectivity index (χ4n) is 0.941. The lowest BCUT2D eigenvalue weighted by molar-refractivity contribution is 0.0111. The predicted octanol–water partition coefficient (Wildman–Crippen LogP) is 0.775. The summed E-state index contributed by atoms with van der Waals surface area (Å²) in [5, 5.41) is 0. The smallest absolute Gasteiger partial charge is 0.396 e. The van der Waals surface area contributed by atoms with E-state index in [4.69, 9.17) is 17.4 Å². The Morgan fingerprint density at radius 2 is 1.50 bits per heavy atom. The summed E-state index contributed by atoms with van der Waals surface area (Å²) in [4.78, 5) is 0. The van der Waals surface area contributed by atoms with Crippen LogP contribution in [0.3, 0.4) is 0 Å². The van der Waals surface area contributed by atoms with Gasteiger partial charge in [-0.3, -0.25) is 0 Å². The molecule has 0 spiro atoms. The Morgan fingerprint density at radius 3 is 1.79 bits per heavy atom. The molecule has 0 atom stereocenters. The molecule has 0 heterocycles. The summed E-state index contributed by atoms with van der Waals surface area (Å²) in [5.74, 6) is 0. The fraction of sp³-hybridized carbons (Fsp3) is 0.750. The van der Waals surface area contributed by atoms with E-state index >= 15 is 0 Å². The zero-order valence-corrected chi connectivity index (χ0v) is 11.7. The molecule has 0 fully saturated rings. The first-order chi connectivity index (χ1) is 6.74. The Kier molecular flexibility index (Phi) is 8.34. The average Bonchev–Trinajstić information content (AvgIpc) is 2.16. The van der Waals surface area contributed by atoms with Crippen molar-refractivity contribution in [2.24, 2.45) is 0 Å². The molecule has 0 radical (unpaired) electrons. The highest BCUT2D eigenvalue weighted by Gasteiger charge is 2.43. The van der Waals surface area contributed by atoms with Gasteiger partial charge in [-0.05, 0) is 20.8 Å². The van der Waals surface area contributed by atoms with Gasteiger partial charge in [0, 0.05) is 19.8 Å². The van der Waals surface area contributed by atoms with Crippen molar-refractivity contribution in [2.75, 3.05) is 19.8 Å². The van der Waals surface area contributed by atoms with Crippen molar-refractivity contribution in [3.63, 3.8) is 0 Å². The van der Waals surface area contributed by atoms with Crippen LogP contribution in [0.1, 0.15) is 20.8 Å². The maximum absolute atomic E-state index is 5.59. The molecule has 0 aliphatic rings. The molecular weight excluding hydrogens is 216 g/mol. The maximum atomic E-state index is 5.59. The molecule has 0 N–H and O–H groups in total. The molecule has 84 valence electrons. The zero-order chi connectivity index (χ0) is 10.9. The normalized spacial score (nSPS) is 12.5.